The van der Waals surface area contributed by atoms with E-state index in [4.69, 9.17) is 4.74 Å². The van der Waals surface area contributed by atoms with Gasteiger partial charge in [0.15, 0.2) is 0 Å². The highest BCUT2D eigenvalue weighted by atomic mass is 32.2. The Bertz CT molecular complexity index is 1490. The van der Waals surface area contributed by atoms with Crippen molar-refractivity contribution in [2.75, 3.05) is 7.11 Å². The number of fused-ring (bicyclic) bond motifs is 1. The highest BCUT2D eigenvalue weighted by molar-refractivity contribution is 7.89. The van der Waals surface area contributed by atoms with Crippen LogP contribution in [-0.4, -0.2) is 24.8 Å². The zero-order valence-corrected chi connectivity index (χ0v) is 20.6. The van der Waals surface area contributed by atoms with E-state index in [0.29, 0.717) is 11.3 Å². The molecule has 0 saturated heterocycles. The van der Waals surface area contributed by atoms with Crippen molar-refractivity contribution in [2.24, 2.45) is 0 Å². The number of H-pyrrole nitrogens is 1. The second-order valence-electron chi connectivity index (χ2n) is 8.60. The van der Waals surface area contributed by atoms with Gasteiger partial charge in [-0.15, -0.1) is 0 Å². The predicted molar refractivity (Wildman–Crippen MR) is 135 cm³/mol. The van der Waals surface area contributed by atoms with Crippen molar-refractivity contribution in [3.63, 3.8) is 0 Å². The number of aromatic amines is 1. The molecule has 0 aliphatic rings. The van der Waals surface area contributed by atoms with E-state index in [2.05, 4.69) is 4.98 Å². The molecule has 0 unspecified atom stereocenters. The van der Waals surface area contributed by atoms with E-state index in [1.165, 1.54) is 23.5 Å². The molecule has 4 rings (SSSR count). The molecule has 1 aromatic heterocycles. The van der Waals surface area contributed by atoms with Gasteiger partial charge >= 0.3 is 0 Å². The molecule has 0 bridgehead atoms. The van der Waals surface area contributed by atoms with Gasteiger partial charge in [-0.1, -0.05) is 35.9 Å². The molecule has 1 N–H and O–H groups in total. The minimum atomic E-state index is -3.89. The fourth-order valence-corrected chi connectivity index (χ4v) is 5.45. The van der Waals surface area contributed by atoms with Gasteiger partial charge in [0.25, 0.3) is 5.56 Å². The highest BCUT2D eigenvalue weighted by Gasteiger charge is 2.26. The Morgan fingerprint density at radius 2 is 1.53 bits per heavy atom. The third-order valence-electron chi connectivity index (χ3n) is 5.91. The van der Waals surface area contributed by atoms with Gasteiger partial charge in [0, 0.05) is 29.6 Å². The number of benzene rings is 3. The fourth-order valence-electron chi connectivity index (χ4n) is 4.04. The number of nitrogens with zero attached hydrogens (tertiary/aromatic N) is 1. The molecular formula is C27H28N2O4S. The number of ether oxygens (including phenoxy) is 1. The van der Waals surface area contributed by atoms with Crippen molar-refractivity contribution in [3.8, 4) is 5.75 Å². The number of sulfonamides is 1. The van der Waals surface area contributed by atoms with E-state index in [1.807, 2.05) is 57.2 Å². The van der Waals surface area contributed by atoms with Gasteiger partial charge < -0.3 is 9.72 Å². The van der Waals surface area contributed by atoms with Crippen LogP contribution in [0.25, 0.3) is 10.9 Å². The Balaban J connectivity index is 1.78. The molecule has 4 aromatic rings. The van der Waals surface area contributed by atoms with Crippen LogP contribution in [0.1, 0.15) is 27.8 Å². The van der Waals surface area contributed by atoms with E-state index >= 15 is 0 Å². The van der Waals surface area contributed by atoms with Crippen LogP contribution in [0, 0.1) is 20.8 Å². The Kier molecular flexibility index (Phi) is 6.59. The molecule has 3 aromatic carbocycles. The van der Waals surface area contributed by atoms with Gasteiger partial charge in [-0.25, -0.2) is 8.42 Å². The van der Waals surface area contributed by atoms with Crippen molar-refractivity contribution in [3.05, 3.63) is 105 Å². The fraction of sp³-hybridized carbons (Fsp3) is 0.222. The summed E-state index contributed by atoms with van der Waals surface area (Å²) in [5, 5.41) is 0.900. The van der Waals surface area contributed by atoms with Crippen molar-refractivity contribution in [1.29, 1.82) is 0 Å². The lowest BCUT2D eigenvalue weighted by atomic mass is 10.0. The molecule has 0 spiro atoms. The van der Waals surface area contributed by atoms with Crippen LogP contribution in [0.15, 0.2) is 76.4 Å². The van der Waals surface area contributed by atoms with E-state index in [9.17, 15) is 13.2 Å². The lowest BCUT2D eigenvalue weighted by Crippen LogP contribution is -2.32. The topological polar surface area (TPSA) is 79.5 Å². The number of aryl methyl sites for hydroxylation is 3. The number of aromatic nitrogens is 1. The van der Waals surface area contributed by atoms with Gasteiger partial charge in [-0.05, 0) is 73.9 Å². The summed E-state index contributed by atoms with van der Waals surface area (Å²) < 4.78 is 33.8. The SMILES string of the molecule is COc1ccc(S(=O)(=O)N(Cc2ccc(C)cc2)Cc2cc3c(C)cc(C)cc3[nH]c2=O)cc1. The van der Waals surface area contributed by atoms with Crippen molar-refractivity contribution >= 4 is 20.9 Å². The molecule has 0 atom stereocenters. The highest BCUT2D eigenvalue weighted by Crippen LogP contribution is 2.24. The smallest absolute Gasteiger partial charge is 0.252 e. The molecule has 176 valence electrons. The maximum absolute atomic E-state index is 13.7. The largest absolute Gasteiger partial charge is 0.497 e. The maximum atomic E-state index is 13.7. The summed E-state index contributed by atoms with van der Waals surface area (Å²) >= 11 is 0. The number of pyridine rings is 1. The molecule has 34 heavy (non-hydrogen) atoms. The number of hydrogen-bond donors (Lipinski definition) is 1. The third kappa shape index (κ3) is 4.90. The molecule has 7 heteroatoms. The summed E-state index contributed by atoms with van der Waals surface area (Å²) in [6.07, 6.45) is 0. The normalized spacial score (nSPS) is 11.8. The van der Waals surface area contributed by atoms with Crippen LogP contribution in [0.3, 0.4) is 0 Å². The summed E-state index contributed by atoms with van der Waals surface area (Å²) in [6, 6.07) is 19.7. The van der Waals surface area contributed by atoms with Crippen molar-refractivity contribution < 1.29 is 13.2 Å². The summed E-state index contributed by atoms with van der Waals surface area (Å²) in [6.45, 7) is 6.02. The first kappa shape index (κ1) is 23.7. The van der Waals surface area contributed by atoms with Crippen molar-refractivity contribution in [1.82, 2.24) is 9.29 Å². The molecule has 1 heterocycles. The molecule has 0 aliphatic heterocycles. The Morgan fingerprint density at radius 1 is 0.853 bits per heavy atom. The molecule has 0 fully saturated rings. The minimum absolute atomic E-state index is 0.0547. The van der Waals surface area contributed by atoms with Gasteiger partial charge in [0.2, 0.25) is 10.0 Å². The van der Waals surface area contributed by atoms with E-state index < -0.39 is 10.0 Å². The summed E-state index contributed by atoms with van der Waals surface area (Å²) in [5.74, 6) is 0.570. The van der Waals surface area contributed by atoms with Gasteiger partial charge in [0.05, 0.1) is 12.0 Å². The Morgan fingerprint density at radius 3 is 2.18 bits per heavy atom. The first-order chi connectivity index (χ1) is 16.2. The zero-order valence-electron chi connectivity index (χ0n) is 19.8. The molecule has 0 saturated carbocycles. The Hall–Kier alpha value is -3.42. The van der Waals surface area contributed by atoms with Crippen LogP contribution in [0.4, 0.5) is 0 Å². The van der Waals surface area contributed by atoms with Gasteiger partial charge in [0.1, 0.15) is 5.75 Å². The third-order valence-corrected chi connectivity index (χ3v) is 7.72. The van der Waals surface area contributed by atoms with Crippen LogP contribution in [0.2, 0.25) is 0 Å². The first-order valence-electron chi connectivity index (χ1n) is 11.0. The van der Waals surface area contributed by atoms with Gasteiger partial charge in [-0.3, -0.25) is 4.79 Å². The zero-order chi connectivity index (χ0) is 24.5. The molecular weight excluding hydrogens is 448 g/mol. The number of hydrogen-bond acceptors (Lipinski definition) is 4. The lowest BCUT2D eigenvalue weighted by Gasteiger charge is -2.23. The maximum Gasteiger partial charge on any atom is 0.252 e. The second-order valence-corrected chi connectivity index (χ2v) is 10.5. The number of methoxy groups -OCH3 is 1. The van der Waals surface area contributed by atoms with Crippen LogP contribution in [-0.2, 0) is 23.1 Å². The molecule has 0 amide bonds. The van der Waals surface area contributed by atoms with Gasteiger partial charge in [-0.2, -0.15) is 4.31 Å². The van der Waals surface area contributed by atoms with E-state index in [0.717, 1.165) is 33.2 Å². The second kappa shape index (κ2) is 9.44. The summed E-state index contributed by atoms with van der Waals surface area (Å²) in [4.78, 5) is 16.0. The predicted octanol–water partition coefficient (Wildman–Crippen LogP) is 4.85. The monoisotopic (exact) mass is 476 g/mol. The van der Waals surface area contributed by atoms with Crippen LogP contribution in [0.5, 0.6) is 5.75 Å². The van der Waals surface area contributed by atoms with E-state index in [-0.39, 0.29) is 23.5 Å². The first-order valence-corrected chi connectivity index (χ1v) is 12.4. The molecule has 0 radical (unpaired) electrons. The molecule has 0 aliphatic carbocycles. The van der Waals surface area contributed by atoms with E-state index in [1.54, 1.807) is 18.2 Å². The average Bonchev–Trinajstić information content (AvgIpc) is 2.80. The Labute approximate surface area is 199 Å². The lowest BCUT2D eigenvalue weighted by molar-refractivity contribution is 0.399. The average molecular weight is 477 g/mol. The van der Waals surface area contributed by atoms with Crippen LogP contribution >= 0.6 is 0 Å². The number of rotatable bonds is 7. The standard InChI is InChI=1S/C27H28N2O4S/c1-18-5-7-21(8-6-18)16-29(34(31,32)24-11-9-23(33-4)10-12-24)17-22-15-25-20(3)13-19(2)14-26(25)28-27(22)30/h5-15H,16-17H2,1-4H3,(H,28,30). The quantitative estimate of drug-likeness (QED) is 0.413. The number of nitrogens with one attached hydrogen (secondary N) is 1. The van der Waals surface area contributed by atoms with Crippen LogP contribution < -0.4 is 10.3 Å². The summed E-state index contributed by atoms with van der Waals surface area (Å²) in [5.41, 5.74) is 4.85. The summed E-state index contributed by atoms with van der Waals surface area (Å²) in [7, 11) is -2.36. The minimum Gasteiger partial charge on any atom is -0.497 e. The van der Waals surface area contributed by atoms with Crippen molar-refractivity contribution in [2.45, 2.75) is 38.8 Å². The molecule has 6 nitrogen and oxygen atoms in total.